The minimum atomic E-state index is -0.643. The van der Waals surface area contributed by atoms with E-state index in [1.807, 2.05) is 37.3 Å². The fourth-order valence-corrected chi connectivity index (χ4v) is 4.57. The lowest BCUT2D eigenvalue weighted by Crippen LogP contribution is -2.41. The highest BCUT2D eigenvalue weighted by atomic mass is 32.2. The lowest BCUT2D eigenvalue weighted by Gasteiger charge is -2.14. The standard InChI is InChI=1S/C24H24N4O5S2/c1-16-9-11-17(12-10-16)14-20-23(31)27(24(34)35-20)13-4-2-3-8-21(29)25-26-22(30)18-6-5-7-19(15-18)28(32)33/h5-7,9-12,14-15H,2-4,8,13H2,1H3,(H,25,29)(H,26,30). The predicted molar refractivity (Wildman–Crippen MR) is 138 cm³/mol. The molecule has 0 aliphatic carbocycles. The first-order valence-electron chi connectivity index (χ1n) is 10.9. The number of hydrazine groups is 1. The third kappa shape index (κ3) is 7.46. The Hall–Kier alpha value is -3.57. The van der Waals surface area contributed by atoms with E-state index < -0.39 is 10.8 Å². The normalized spacial score (nSPS) is 14.3. The van der Waals surface area contributed by atoms with Gasteiger partial charge < -0.3 is 0 Å². The summed E-state index contributed by atoms with van der Waals surface area (Å²) in [5.74, 6) is -1.13. The van der Waals surface area contributed by atoms with E-state index in [2.05, 4.69) is 10.9 Å². The lowest BCUT2D eigenvalue weighted by atomic mass is 10.1. The van der Waals surface area contributed by atoms with Crippen LogP contribution in [-0.2, 0) is 9.59 Å². The van der Waals surface area contributed by atoms with E-state index in [0.717, 1.165) is 17.2 Å². The number of hydrogen-bond donors (Lipinski definition) is 2. The van der Waals surface area contributed by atoms with Crippen LogP contribution >= 0.6 is 24.0 Å². The van der Waals surface area contributed by atoms with Gasteiger partial charge in [0.25, 0.3) is 17.5 Å². The number of rotatable bonds is 9. The Labute approximate surface area is 212 Å². The molecule has 2 aromatic carbocycles. The van der Waals surface area contributed by atoms with Crippen LogP contribution in [0.25, 0.3) is 6.08 Å². The zero-order chi connectivity index (χ0) is 25.4. The average Bonchev–Trinajstić information content (AvgIpc) is 3.10. The van der Waals surface area contributed by atoms with Gasteiger partial charge >= 0.3 is 0 Å². The van der Waals surface area contributed by atoms with Crippen LogP contribution in [0.1, 0.15) is 47.2 Å². The number of nitrogens with one attached hydrogen (secondary N) is 2. The number of thiocarbonyl (C=S) groups is 1. The van der Waals surface area contributed by atoms with E-state index in [9.17, 15) is 24.5 Å². The molecule has 0 saturated carbocycles. The number of nitrogens with zero attached hydrogens (tertiary/aromatic N) is 2. The molecule has 0 bridgehead atoms. The molecule has 182 valence electrons. The zero-order valence-corrected chi connectivity index (χ0v) is 20.6. The molecule has 1 aliphatic rings. The van der Waals surface area contributed by atoms with Crippen LogP contribution in [0.15, 0.2) is 53.4 Å². The van der Waals surface area contributed by atoms with Gasteiger partial charge in [0, 0.05) is 30.7 Å². The van der Waals surface area contributed by atoms with Crippen molar-refractivity contribution in [1.29, 1.82) is 0 Å². The summed E-state index contributed by atoms with van der Waals surface area (Å²) in [6.07, 6.45) is 3.95. The molecule has 35 heavy (non-hydrogen) atoms. The van der Waals surface area contributed by atoms with Crippen LogP contribution in [-0.4, -0.2) is 38.4 Å². The number of carbonyl (C=O) groups excluding carboxylic acids is 3. The van der Waals surface area contributed by atoms with Gasteiger partial charge in [0.15, 0.2) is 0 Å². The van der Waals surface area contributed by atoms with Crippen molar-refractivity contribution in [2.75, 3.05) is 6.54 Å². The molecule has 1 heterocycles. The molecule has 3 rings (SSSR count). The molecular formula is C24H24N4O5S2. The fourth-order valence-electron chi connectivity index (χ4n) is 3.26. The number of thioether (sulfide) groups is 1. The highest BCUT2D eigenvalue weighted by molar-refractivity contribution is 8.26. The van der Waals surface area contributed by atoms with Gasteiger partial charge in [-0.25, -0.2) is 0 Å². The largest absolute Gasteiger partial charge is 0.293 e. The smallest absolute Gasteiger partial charge is 0.270 e. The maximum atomic E-state index is 12.7. The van der Waals surface area contributed by atoms with E-state index in [-0.39, 0.29) is 29.5 Å². The second kappa shape index (κ2) is 12.2. The third-order valence-corrected chi connectivity index (χ3v) is 6.55. The van der Waals surface area contributed by atoms with Gasteiger partial charge in [0.05, 0.1) is 9.83 Å². The number of aryl methyl sites for hydroxylation is 1. The first kappa shape index (κ1) is 26.0. The highest BCUT2D eigenvalue weighted by Gasteiger charge is 2.31. The molecule has 1 aliphatic heterocycles. The molecule has 0 unspecified atom stereocenters. The molecule has 3 amide bonds. The number of hydrogen-bond acceptors (Lipinski definition) is 7. The Bertz CT molecular complexity index is 1180. The Morgan fingerprint density at radius 1 is 1.11 bits per heavy atom. The van der Waals surface area contributed by atoms with Crippen LogP contribution in [0.4, 0.5) is 5.69 Å². The van der Waals surface area contributed by atoms with E-state index >= 15 is 0 Å². The molecule has 9 nitrogen and oxygen atoms in total. The molecule has 11 heteroatoms. The summed E-state index contributed by atoms with van der Waals surface area (Å²) in [4.78, 5) is 49.1. The van der Waals surface area contributed by atoms with E-state index in [1.165, 1.54) is 30.0 Å². The van der Waals surface area contributed by atoms with Crippen molar-refractivity contribution >= 4 is 57.8 Å². The number of nitro benzene ring substituents is 1. The molecule has 0 aromatic heterocycles. The second-order valence-corrected chi connectivity index (χ2v) is 9.54. The number of unbranched alkanes of at least 4 members (excludes halogenated alkanes) is 2. The quantitative estimate of drug-likeness (QED) is 0.170. The Morgan fingerprint density at radius 2 is 1.86 bits per heavy atom. The summed E-state index contributed by atoms with van der Waals surface area (Å²) in [6, 6.07) is 13.1. The topological polar surface area (TPSA) is 122 Å². The minimum absolute atomic E-state index is 0.0689. The predicted octanol–water partition coefficient (Wildman–Crippen LogP) is 4.13. The molecule has 1 saturated heterocycles. The lowest BCUT2D eigenvalue weighted by molar-refractivity contribution is -0.384. The van der Waals surface area contributed by atoms with Gasteiger partial charge in [-0.2, -0.15) is 0 Å². The third-order valence-electron chi connectivity index (χ3n) is 5.17. The number of amides is 3. The molecule has 0 spiro atoms. The monoisotopic (exact) mass is 512 g/mol. The summed E-state index contributed by atoms with van der Waals surface area (Å²) < 4.78 is 0.523. The van der Waals surface area contributed by atoms with E-state index in [4.69, 9.17) is 12.2 Å². The van der Waals surface area contributed by atoms with Crippen molar-refractivity contribution in [1.82, 2.24) is 15.8 Å². The van der Waals surface area contributed by atoms with Crippen LogP contribution < -0.4 is 10.9 Å². The maximum absolute atomic E-state index is 12.7. The summed E-state index contributed by atoms with van der Waals surface area (Å²) >= 11 is 6.64. The number of benzene rings is 2. The van der Waals surface area contributed by atoms with Gasteiger partial charge in [0.2, 0.25) is 5.91 Å². The molecular weight excluding hydrogens is 488 g/mol. The van der Waals surface area contributed by atoms with Gasteiger partial charge in [-0.15, -0.1) is 0 Å². The summed E-state index contributed by atoms with van der Waals surface area (Å²) in [5.41, 5.74) is 6.50. The molecule has 2 N–H and O–H groups in total. The summed E-state index contributed by atoms with van der Waals surface area (Å²) in [5, 5.41) is 10.8. The van der Waals surface area contributed by atoms with Crippen LogP contribution in [0.2, 0.25) is 0 Å². The molecule has 1 fully saturated rings. The number of nitro groups is 1. The second-order valence-electron chi connectivity index (χ2n) is 7.86. The average molecular weight is 513 g/mol. The Balaban J connectivity index is 1.37. The van der Waals surface area contributed by atoms with Gasteiger partial charge in [-0.3, -0.25) is 40.2 Å². The minimum Gasteiger partial charge on any atom is -0.293 e. The van der Waals surface area contributed by atoms with Crippen molar-refractivity contribution in [3.8, 4) is 0 Å². The van der Waals surface area contributed by atoms with E-state index in [1.54, 1.807) is 4.90 Å². The number of non-ortho nitro benzene ring substituents is 1. The first-order valence-corrected chi connectivity index (χ1v) is 12.1. The van der Waals surface area contributed by atoms with Gasteiger partial charge in [0.1, 0.15) is 4.32 Å². The highest BCUT2D eigenvalue weighted by Crippen LogP contribution is 2.32. The van der Waals surface area contributed by atoms with Crippen molar-refractivity contribution in [3.05, 3.63) is 80.2 Å². The zero-order valence-electron chi connectivity index (χ0n) is 19.0. The van der Waals surface area contributed by atoms with Gasteiger partial charge in [-0.05, 0) is 37.5 Å². The fraction of sp³-hybridized carbons (Fsp3) is 0.250. The number of carbonyl (C=O) groups is 3. The van der Waals surface area contributed by atoms with Crippen LogP contribution in [0.5, 0.6) is 0 Å². The first-order chi connectivity index (χ1) is 16.7. The van der Waals surface area contributed by atoms with Crippen molar-refractivity contribution in [2.24, 2.45) is 0 Å². The van der Waals surface area contributed by atoms with Crippen molar-refractivity contribution in [2.45, 2.75) is 32.6 Å². The van der Waals surface area contributed by atoms with Crippen molar-refractivity contribution in [3.63, 3.8) is 0 Å². The molecule has 0 atom stereocenters. The Morgan fingerprint density at radius 3 is 2.57 bits per heavy atom. The molecule has 0 radical (unpaired) electrons. The SMILES string of the molecule is Cc1ccc(C=C2SC(=S)N(CCCCCC(=O)NNC(=O)c3cccc([N+](=O)[O-])c3)C2=O)cc1. The Kier molecular flexibility index (Phi) is 9.10. The maximum Gasteiger partial charge on any atom is 0.270 e. The summed E-state index contributed by atoms with van der Waals surface area (Å²) in [6.45, 7) is 2.48. The van der Waals surface area contributed by atoms with Gasteiger partial charge in [-0.1, -0.05) is 66.3 Å². The molecule has 2 aromatic rings. The summed E-state index contributed by atoms with van der Waals surface area (Å²) in [7, 11) is 0. The van der Waals surface area contributed by atoms with Crippen molar-refractivity contribution < 1.29 is 19.3 Å². The van der Waals surface area contributed by atoms with E-state index in [0.29, 0.717) is 35.0 Å². The van der Waals surface area contributed by atoms with Crippen LogP contribution in [0.3, 0.4) is 0 Å². The van der Waals surface area contributed by atoms with Crippen LogP contribution in [0, 0.1) is 17.0 Å².